The maximum absolute atomic E-state index is 11.2. The maximum Gasteiger partial charge on any atom is 0.334 e. The molecule has 6 nitrogen and oxygen atoms in total. The van der Waals surface area contributed by atoms with Gasteiger partial charge in [0, 0.05) is 19.5 Å². The van der Waals surface area contributed by atoms with Gasteiger partial charge in [0.25, 0.3) is 0 Å². The fraction of sp³-hybridized carbons (Fsp3) is 0.769. The lowest BCUT2D eigenvalue weighted by Crippen LogP contribution is -2.08. The van der Waals surface area contributed by atoms with E-state index in [1.54, 1.807) is 11.7 Å². The zero-order chi connectivity index (χ0) is 14.6. The van der Waals surface area contributed by atoms with E-state index in [9.17, 15) is 10.1 Å². The van der Waals surface area contributed by atoms with E-state index < -0.39 is 0 Å². The van der Waals surface area contributed by atoms with Crippen molar-refractivity contribution in [1.29, 1.82) is 0 Å². The molecule has 0 aliphatic heterocycles. The minimum atomic E-state index is -0.340. The second-order valence-electron chi connectivity index (χ2n) is 5.58. The lowest BCUT2D eigenvalue weighted by Gasteiger charge is -2.07. The van der Waals surface area contributed by atoms with Gasteiger partial charge >= 0.3 is 5.69 Å². The standard InChI is InChI=1S/C13H24N4O2/c1-9(2)7-6-8-14-13-12(17(18)19)11(10(3)4)15-16(13)5/h9-10,14H,6-8H2,1-5H3. The minimum absolute atomic E-state index is 0.0396. The molecule has 0 amide bonds. The van der Waals surface area contributed by atoms with Crippen LogP contribution < -0.4 is 5.32 Å². The van der Waals surface area contributed by atoms with E-state index in [0.29, 0.717) is 17.4 Å². The largest absolute Gasteiger partial charge is 0.365 e. The molecule has 0 aliphatic carbocycles. The first-order valence-electron chi connectivity index (χ1n) is 6.79. The van der Waals surface area contributed by atoms with Gasteiger partial charge in [-0.15, -0.1) is 0 Å². The molecule has 0 aromatic carbocycles. The van der Waals surface area contributed by atoms with Crippen molar-refractivity contribution < 1.29 is 4.92 Å². The minimum Gasteiger partial charge on any atom is -0.365 e. The van der Waals surface area contributed by atoms with Gasteiger partial charge in [-0.2, -0.15) is 5.10 Å². The molecule has 1 rings (SSSR count). The van der Waals surface area contributed by atoms with Crippen LogP contribution >= 0.6 is 0 Å². The molecule has 0 saturated carbocycles. The molecular weight excluding hydrogens is 244 g/mol. The summed E-state index contributed by atoms with van der Waals surface area (Å²) in [6.45, 7) is 8.90. The van der Waals surface area contributed by atoms with Crippen molar-refractivity contribution in [3.63, 3.8) is 0 Å². The molecule has 19 heavy (non-hydrogen) atoms. The Labute approximate surface area is 114 Å². The Morgan fingerprint density at radius 2 is 2.00 bits per heavy atom. The highest BCUT2D eigenvalue weighted by atomic mass is 16.6. The molecule has 0 saturated heterocycles. The van der Waals surface area contributed by atoms with Crippen molar-refractivity contribution in [2.24, 2.45) is 13.0 Å². The van der Waals surface area contributed by atoms with Gasteiger partial charge in [0.1, 0.15) is 5.69 Å². The number of rotatable bonds is 7. The van der Waals surface area contributed by atoms with E-state index in [2.05, 4.69) is 24.3 Å². The van der Waals surface area contributed by atoms with Gasteiger partial charge in [-0.25, -0.2) is 4.68 Å². The number of anilines is 1. The van der Waals surface area contributed by atoms with Crippen molar-refractivity contribution in [2.45, 2.75) is 46.5 Å². The van der Waals surface area contributed by atoms with Crippen molar-refractivity contribution in [3.8, 4) is 0 Å². The molecule has 108 valence electrons. The van der Waals surface area contributed by atoms with Gasteiger partial charge in [0.15, 0.2) is 0 Å². The molecule has 0 spiro atoms. The highest BCUT2D eigenvalue weighted by Gasteiger charge is 2.28. The molecule has 1 heterocycles. The highest BCUT2D eigenvalue weighted by molar-refractivity contribution is 5.60. The fourth-order valence-electron chi connectivity index (χ4n) is 2.02. The van der Waals surface area contributed by atoms with Crippen LogP contribution in [0.15, 0.2) is 0 Å². The quantitative estimate of drug-likeness (QED) is 0.468. The number of nitrogens with one attached hydrogen (secondary N) is 1. The Morgan fingerprint density at radius 1 is 1.37 bits per heavy atom. The topological polar surface area (TPSA) is 73.0 Å². The van der Waals surface area contributed by atoms with E-state index in [0.717, 1.165) is 19.4 Å². The van der Waals surface area contributed by atoms with Crippen LogP contribution in [-0.4, -0.2) is 21.2 Å². The van der Waals surface area contributed by atoms with Gasteiger partial charge in [0.05, 0.1) is 4.92 Å². The van der Waals surface area contributed by atoms with Crippen LogP contribution in [0.5, 0.6) is 0 Å². The average Bonchev–Trinajstić information content (AvgIpc) is 2.62. The Bertz CT molecular complexity index is 438. The van der Waals surface area contributed by atoms with E-state index in [1.165, 1.54) is 0 Å². The molecule has 0 aliphatic rings. The summed E-state index contributed by atoms with van der Waals surface area (Å²) in [7, 11) is 1.74. The van der Waals surface area contributed by atoms with Crippen molar-refractivity contribution in [2.75, 3.05) is 11.9 Å². The highest BCUT2D eigenvalue weighted by Crippen LogP contribution is 2.32. The summed E-state index contributed by atoms with van der Waals surface area (Å²) in [4.78, 5) is 10.9. The molecule has 1 N–H and O–H groups in total. The van der Waals surface area contributed by atoms with Crippen molar-refractivity contribution >= 4 is 11.5 Å². The van der Waals surface area contributed by atoms with Gasteiger partial charge in [-0.3, -0.25) is 10.1 Å². The summed E-state index contributed by atoms with van der Waals surface area (Å²) in [5, 5.41) is 18.6. The Hall–Kier alpha value is -1.59. The second-order valence-corrected chi connectivity index (χ2v) is 5.58. The molecule has 0 atom stereocenters. The number of nitrogens with zero attached hydrogens (tertiary/aromatic N) is 3. The zero-order valence-corrected chi connectivity index (χ0v) is 12.4. The van der Waals surface area contributed by atoms with Crippen LogP contribution in [-0.2, 0) is 7.05 Å². The van der Waals surface area contributed by atoms with Crippen molar-refractivity contribution in [3.05, 3.63) is 15.8 Å². The second kappa shape index (κ2) is 6.54. The molecule has 1 aromatic heterocycles. The van der Waals surface area contributed by atoms with Crippen LogP contribution in [0.1, 0.15) is 52.1 Å². The molecule has 6 heteroatoms. The first-order chi connectivity index (χ1) is 8.84. The third-order valence-corrected chi connectivity index (χ3v) is 3.03. The maximum atomic E-state index is 11.2. The normalized spacial score (nSPS) is 11.3. The lowest BCUT2D eigenvalue weighted by atomic mass is 10.1. The van der Waals surface area contributed by atoms with Crippen LogP contribution in [0.2, 0.25) is 0 Å². The predicted octanol–water partition coefficient (Wildman–Crippen LogP) is 3.30. The van der Waals surface area contributed by atoms with Crippen LogP contribution in [0, 0.1) is 16.0 Å². The summed E-state index contributed by atoms with van der Waals surface area (Å²) in [6.07, 6.45) is 2.10. The number of aromatic nitrogens is 2. The number of nitro groups is 1. The summed E-state index contributed by atoms with van der Waals surface area (Å²) >= 11 is 0. The van der Waals surface area contributed by atoms with Crippen LogP contribution in [0.3, 0.4) is 0 Å². The molecule has 0 unspecified atom stereocenters. The van der Waals surface area contributed by atoms with Gasteiger partial charge in [0.2, 0.25) is 5.82 Å². The third-order valence-electron chi connectivity index (χ3n) is 3.03. The van der Waals surface area contributed by atoms with E-state index >= 15 is 0 Å². The van der Waals surface area contributed by atoms with Crippen LogP contribution in [0.4, 0.5) is 11.5 Å². The molecule has 1 aromatic rings. The third kappa shape index (κ3) is 3.94. The smallest absolute Gasteiger partial charge is 0.334 e. The fourth-order valence-corrected chi connectivity index (χ4v) is 2.02. The Morgan fingerprint density at radius 3 is 2.47 bits per heavy atom. The van der Waals surface area contributed by atoms with E-state index in [1.807, 2.05) is 13.8 Å². The Kier molecular flexibility index (Phi) is 5.32. The van der Waals surface area contributed by atoms with Gasteiger partial charge in [-0.05, 0) is 18.8 Å². The Balaban J connectivity index is 2.84. The summed E-state index contributed by atoms with van der Waals surface area (Å²) in [5.41, 5.74) is 0.654. The van der Waals surface area contributed by atoms with Crippen molar-refractivity contribution in [1.82, 2.24) is 9.78 Å². The molecule has 0 fully saturated rings. The molecule has 0 bridgehead atoms. The first kappa shape index (κ1) is 15.5. The van der Waals surface area contributed by atoms with Gasteiger partial charge in [-0.1, -0.05) is 27.7 Å². The number of aryl methyl sites for hydroxylation is 1. The summed E-state index contributed by atoms with van der Waals surface area (Å²) < 4.78 is 1.57. The summed E-state index contributed by atoms with van der Waals surface area (Å²) in [6, 6.07) is 0. The zero-order valence-electron chi connectivity index (χ0n) is 12.4. The summed E-state index contributed by atoms with van der Waals surface area (Å²) in [5.74, 6) is 1.20. The monoisotopic (exact) mass is 268 g/mol. The predicted molar refractivity (Wildman–Crippen MR) is 76.5 cm³/mol. The average molecular weight is 268 g/mol. The van der Waals surface area contributed by atoms with Gasteiger partial charge < -0.3 is 5.32 Å². The number of hydrogen-bond donors (Lipinski definition) is 1. The SMILES string of the molecule is CC(C)CCCNc1c([N+](=O)[O-])c(C(C)C)nn1C. The van der Waals surface area contributed by atoms with E-state index in [4.69, 9.17) is 0 Å². The molecule has 0 radical (unpaired) electrons. The first-order valence-corrected chi connectivity index (χ1v) is 6.79. The van der Waals surface area contributed by atoms with E-state index in [-0.39, 0.29) is 16.5 Å². The number of hydrogen-bond acceptors (Lipinski definition) is 4. The molecular formula is C13H24N4O2. The van der Waals surface area contributed by atoms with Crippen LogP contribution in [0.25, 0.3) is 0 Å². The lowest BCUT2D eigenvalue weighted by molar-refractivity contribution is -0.384.